The molecular weight excluding hydrogens is 294 g/mol. The van der Waals surface area contributed by atoms with Gasteiger partial charge in [-0.2, -0.15) is 0 Å². The average Bonchev–Trinajstić information content (AvgIpc) is 2.56. The van der Waals surface area contributed by atoms with Crippen LogP contribution in [0, 0.1) is 0 Å². The number of hydrogen-bond acceptors (Lipinski definition) is 3. The molecule has 0 saturated heterocycles. The van der Waals surface area contributed by atoms with Crippen LogP contribution in [0.1, 0.15) is 22.8 Å². The Kier molecular flexibility index (Phi) is 4.02. The summed E-state index contributed by atoms with van der Waals surface area (Å²) in [6, 6.07) is 14.4. The zero-order valence-corrected chi connectivity index (χ0v) is 12.7. The molecule has 1 N–H and O–H groups in total. The number of aromatic carboxylic acids is 1. The summed E-state index contributed by atoms with van der Waals surface area (Å²) in [5.41, 5.74) is 1.78. The number of carboxylic acid groups (broad SMARTS) is 1. The Balaban J connectivity index is 1.90. The summed E-state index contributed by atoms with van der Waals surface area (Å²) in [5, 5.41) is 9.15. The second-order valence-electron chi connectivity index (χ2n) is 5.47. The van der Waals surface area contributed by atoms with Gasteiger partial charge in [0.2, 0.25) is 0 Å². The summed E-state index contributed by atoms with van der Waals surface area (Å²) in [7, 11) is 0. The van der Waals surface area contributed by atoms with Crippen LogP contribution in [-0.4, -0.2) is 29.6 Å². The van der Waals surface area contributed by atoms with E-state index in [9.17, 15) is 9.59 Å². The Hall–Kier alpha value is -2.82. The number of nitrogens with zero attached hydrogens (tertiary/aromatic N) is 1. The summed E-state index contributed by atoms with van der Waals surface area (Å²) in [5.74, 6) is -0.645. The number of fused-ring (bicyclic) bond motifs is 1. The van der Waals surface area contributed by atoms with E-state index in [0.717, 1.165) is 5.56 Å². The standard InChI is InChI=1S/C18H17NO4/c1-12-17(20)19(10-9-13-5-3-2-4-6-13)15-11-14(18(21)22)7-8-16(15)23-12/h2-8,11-12H,9-10H2,1H3,(H,21,22). The molecule has 0 aromatic heterocycles. The van der Waals surface area contributed by atoms with Gasteiger partial charge in [0.05, 0.1) is 11.3 Å². The van der Waals surface area contributed by atoms with Crippen molar-refractivity contribution in [3.8, 4) is 5.75 Å². The molecule has 2 aromatic carbocycles. The third kappa shape index (κ3) is 3.04. The maximum absolute atomic E-state index is 12.4. The first-order valence-corrected chi connectivity index (χ1v) is 7.45. The fourth-order valence-corrected chi connectivity index (χ4v) is 2.66. The fourth-order valence-electron chi connectivity index (χ4n) is 2.66. The van der Waals surface area contributed by atoms with Crippen molar-refractivity contribution >= 4 is 17.6 Å². The number of carbonyl (C=O) groups excluding carboxylic acids is 1. The van der Waals surface area contributed by atoms with Crippen molar-refractivity contribution in [2.45, 2.75) is 19.4 Å². The number of amides is 1. The van der Waals surface area contributed by atoms with Gasteiger partial charge in [-0.25, -0.2) is 4.79 Å². The van der Waals surface area contributed by atoms with Crippen molar-refractivity contribution in [2.24, 2.45) is 0 Å². The Morgan fingerprint density at radius 1 is 1.22 bits per heavy atom. The van der Waals surface area contributed by atoms with Crippen molar-refractivity contribution in [1.82, 2.24) is 0 Å². The maximum Gasteiger partial charge on any atom is 0.335 e. The van der Waals surface area contributed by atoms with Gasteiger partial charge in [0.1, 0.15) is 5.75 Å². The summed E-state index contributed by atoms with van der Waals surface area (Å²) < 4.78 is 5.58. The zero-order valence-electron chi connectivity index (χ0n) is 12.7. The topological polar surface area (TPSA) is 66.8 Å². The van der Waals surface area contributed by atoms with Crippen LogP contribution in [0.5, 0.6) is 5.75 Å². The summed E-state index contributed by atoms with van der Waals surface area (Å²) in [6.07, 6.45) is 0.115. The van der Waals surface area contributed by atoms with Crippen LogP contribution in [0.4, 0.5) is 5.69 Å². The van der Waals surface area contributed by atoms with Crippen LogP contribution in [0.25, 0.3) is 0 Å². The molecule has 3 rings (SSSR count). The lowest BCUT2D eigenvalue weighted by molar-refractivity contribution is -0.125. The predicted molar refractivity (Wildman–Crippen MR) is 86.0 cm³/mol. The molecule has 0 aliphatic carbocycles. The average molecular weight is 311 g/mol. The number of hydrogen-bond donors (Lipinski definition) is 1. The van der Waals surface area contributed by atoms with E-state index in [2.05, 4.69) is 0 Å². The first-order chi connectivity index (χ1) is 11.1. The van der Waals surface area contributed by atoms with Crippen LogP contribution in [-0.2, 0) is 11.2 Å². The molecule has 5 heteroatoms. The highest BCUT2D eigenvalue weighted by molar-refractivity contribution is 6.01. The predicted octanol–water partition coefficient (Wildman–Crippen LogP) is 2.74. The number of ether oxygens (including phenoxy) is 1. The molecule has 0 saturated carbocycles. The molecule has 1 unspecified atom stereocenters. The van der Waals surface area contributed by atoms with Gasteiger partial charge in [-0.1, -0.05) is 30.3 Å². The Bertz CT molecular complexity index is 742. The minimum Gasteiger partial charge on any atom is -0.479 e. The van der Waals surface area contributed by atoms with Gasteiger partial charge in [0.25, 0.3) is 5.91 Å². The second kappa shape index (κ2) is 6.12. The second-order valence-corrected chi connectivity index (χ2v) is 5.47. The summed E-state index contributed by atoms with van der Waals surface area (Å²) in [6.45, 7) is 2.18. The molecule has 0 spiro atoms. The molecule has 23 heavy (non-hydrogen) atoms. The largest absolute Gasteiger partial charge is 0.479 e. The van der Waals surface area contributed by atoms with E-state index in [4.69, 9.17) is 9.84 Å². The number of anilines is 1. The van der Waals surface area contributed by atoms with E-state index in [1.54, 1.807) is 17.9 Å². The number of rotatable bonds is 4. The molecule has 0 bridgehead atoms. The monoisotopic (exact) mass is 311 g/mol. The summed E-state index contributed by atoms with van der Waals surface area (Å²) in [4.78, 5) is 25.2. The molecule has 118 valence electrons. The molecule has 2 aromatic rings. The molecule has 1 atom stereocenters. The van der Waals surface area contributed by atoms with Gasteiger partial charge >= 0.3 is 5.97 Å². The van der Waals surface area contributed by atoms with Gasteiger partial charge < -0.3 is 14.7 Å². The van der Waals surface area contributed by atoms with Crippen molar-refractivity contribution in [2.75, 3.05) is 11.4 Å². The van der Waals surface area contributed by atoms with Gasteiger partial charge in [-0.3, -0.25) is 4.79 Å². The lowest BCUT2D eigenvalue weighted by Gasteiger charge is -2.33. The molecule has 5 nitrogen and oxygen atoms in total. The number of carbonyl (C=O) groups is 2. The highest BCUT2D eigenvalue weighted by Crippen LogP contribution is 2.35. The van der Waals surface area contributed by atoms with E-state index in [1.165, 1.54) is 12.1 Å². The van der Waals surface area contributed by atoms with Gasteiger partial charge in [0, 0.05) is 6.54 Å². The van der Waals surface area contributed by atoms with E-state index < -0.39 is 12.1 Å². The Morgan fingerprint density at radius 2 is 1.96 bits per heavy atom. The quantitative estimate of drug-likeness (QED) is 0.943. The van der Waals surface area contributed by atoms with Crippen LogP contribution in [0.3, 0.4) is 0 Å². The SMILES string of the molecule is CC1Oc2ccc(C(=O)O)cc2N(CCc2ccccc2)C1=O. The van der Waals surface area contributed by atoms with Crippen molar-refractivity contribution < 1.29 is 19.4 Å². The number of benzene rings is 2. The van der Waals surface area contributed by atoms with Crippen LogP contribution < -0.4 is 9.64 Å². The lowest BCUT2D eigenvalue weighted by Crippen LogP contribution is -2.45. The lowest BCUT2D eigenvalue weighted by atomic mass is 10.1. The third-order valence-corrected chi connectivity index (χ3v) is 3.88. The molecule has 1 aliphatic heterocycles. The maximum atomic E-state index is 12.4. The van der Waals surface area contributed by atoms with Gasteiger partial charge in [-0.15, -0.1) is 0 Å². The van der Waals surface area contributed by atoms with E-state index in [0.29, 0.717) is 24.4 Å². The van der Waals surface area contributed by atoms with Gasteiger partial charge in [0.15, 0.2) is 6.10 Å². The van der Waals surface area contributed by atoms with E-state index >= 15 is 0 Å². The molecule has 1 heterocycles. The Morgan fingerprint density at radius 3 is 2.65 bits per heavy atom. The van der Waals surface area contributed by atoms with Gasteiger partial charge in [-0.05, 0) is 37.1 Å². The summed E-state index contributed by atoms with van der Waals surface area (Å²) >= 11 is 0. The van der Waals surface area contributed by atoms with Crippen molar-refractivity contribution in [1.29, 1.82) is 0 Å². The molecule has 0 radical (unpaired) electrons. The zero-order chi connectivity index (χ0) is 16.4. The van der Waals surface area contributed by atoms with E-state index in [-0.39, 0.29) is 11.5 Å². The van der Waals surface area contributed by atoms with Crippen LogP contribution >= 0.6 is 0 Å². The van der Waals surface area contributed by atoms with E-state index in [1.807, 2.05) is 30.3 Å². The Labute approximate surface area is 134 Å². The normalized spacial score (nSPS) is 16.7. The first-order valence-electron chi connectivity index (χ1n) is 7.45. The van der Waals surface area contributed by atoms with Crippen LogP contribution in [0.2, 0.25) is 0 Å². The molecule has 1 amide bonds. The van der Waals surface area contributed by atoms with Crippen molar-refractivity contribution in [3.05, 3.63) is 59.7 Å². The number of carboxylic acids is 1. The fraction of sp³-hybridized carbons (Fsp3) is 0.222. The molecular formula is C18H17NO4. The smallest absolute Gasteiger partial charge is 0.335 e. The highest BCUT2D eigenvalue weighted by Gasteiger charge is 2.31. The minimum absolute atomic E-state index is 0.138. The molecule has 0 fully saturated rings. The third-order valence-electron chi connectivity index (χ3n) is 3.88. The van der Waals surface area contributed by atoms with Crippen molar-refractivity contribution in [3.63, 3.8) is 0 Å². The minimum atomic E-state index is -1.03. The molecule has 1 aliphatic rings. The first kappa shape index (κ1) is 15.1. The highest BCUT2D eigenvalue weighted by atomic mass is 16.5. The van der Waals surface area contributed by atoms with Crippen LogP contribution in [0.15, 0.2) is 48.5 Å².